The molecule has 2 aromatic rings. The van der Waals surface area contributed by atoms with Crippen LogP contribution in [-0.2, 0) is 9.59 Å². The second-order valence-corrected chi connectivity index (χ2v) is 6.24. The van der Waals surface area contributed by atoms with Crippen LogP contribution in [0.15, 0.2) is 53.9 Å². The zero-order valence-electron chi connectivity index (χ0n) is 13.9. The van der Waals surface area contributed by atoms with Crippen molar-refractivity contribution in [2.24, 2.45) is 0 Å². The van der Waals surface area contributed by atoms with E-state index in [1.54, 1.807) is 49.5 Å². The Morgan fingerprint density at radius 2 is 2.08 bits per heavy atom. The third-order valence-corrected chi connectivity index (χ3v) is 4.46. The highest BCUT2D eigenvalue weighted by molar-refractivity contribution is 6.31. The lowest BCUT2D eigenvalue weighted by atomic mass is 9.98. The van der Waals surface area contributed by atoms with Gasteiger partial charge in [0.15, 0.2) is 11.5 Å². The summed E-state index contributed by atoms with van der Waals surface area (Å²) in [6, 6.07) is 9.64. The summed E-state index contributed by atoms with van der Waals surface area (Å²) in [5.74, 6) is -1.44. The van der Waals surface area contributed by atoms with Crippen molar-refractivity contribution < 1.29 is 14.7 Å². The molecule has 1 aromatic heterocycles. The van der Waals surface area contributed by atoms with Gasteiger partial charge in [-0.15, -0.1) is 0 Å². The van der Waals surface area contributed by atoms with Crippen LogP contribution in [0.2, 0.25) is 5.02 Å². The Bertz CT molecular complexity index is 877. The van der Waals surface area contributed by atoms with Gasteiger partial charge in [-0.1, -0.05) is 30.7 Å². The van der Waals surface area contributed by atoms with Gasteiger partial charge in [0.05, 0.1) is 11.3 Å². The molecule has 25 heavy (non-hydrogen) atoms. The van der Waals surface area contributed by atoms with Gasteiger partial charge in [-0.05, 0) is 36.8 Å². The number of ketones is 1. The Labute approximate surface area is 150 Å². The van der Waals surface area contributed by atoms with Crippen LogP contribution in [-0.4, -0.2) is 21.8 Å². The van der Waals surface area contributed by atoms with Gasteiger partial charge in [-0.3, -0.25) is 19.5 Å². The van der Waals surface area contributed by atoms with Crippen molar-refractivity contribution in [1.82, 2.24) is 4.98 Å². The van der Waals surface area contributed by atoms with E-state index in [2.05, 4.69) is 4.98 Å². The number of Topliss-reactive ketones (excluding diaryl/α,β-unsaturated/α-hetero) is 1. The number of aliphatic hydroxyl groups is 1. The van der Waals surface area contributed by atoms with Crippen molar-refractivity contribution >= 4 is 29.0 Å². The molecule has 5 nitrogen and oxygen atoms in total. The third kappa shape index (κ3) is 2.91. The first-order valence-corrected chi connectivity index (χ1v) is 8.30. The van der Waals surface area contributed by atoms with E-state index in [0.717, 1.165) is 5.56 Å². The highest BCUT2D eigenvalue weighted by Gasteiger charge is 2.44. The number of halogens is 1. The lowest BCUT2D eigenvalue weighted by molar-refractivity contribution is -0.118. The number of aromatic nitrogens is 1. The quantitative estimate of drug-likeness (QED) is 0.901. The Morgan fingerprint density at radius 1 is 1.32 bits per heavy atom. The molecule has 0 fully saturated rings. The van der Waals surface area contributed by atoms with Gasteiger partial charge in [0, 0.05) is 23.3 Å². The topological polar surface area (TPSA) is 70.5 Å². The second-order valence-electron chi connectivity index (χ2n) is 5.80. The summed E-state index contributed by atoms with van der Waals surface area (Å²) >= 11 is 6.10. The summed E-state index contributed by atoms with van der Waals surface area (Å²) < 4.78 is 0. The number of nitrogens with zero attached hydrogens (tertiary/aromatic N) is 2. The molecule has 0 bridgehead atoms. The van der Waals surface area contributed by atoms with Crippen LogP contribution in [0.5, 0.6) is 0 Å². The molecule has 1 atom stereocenters. The van der Waals surface area contributed by atoms with Gasteiger partial charge in [0.2, 0.25) is 0 Å². The minimum atomic E-state index is -0.779. The zero-order chi connectivity index (χ0) is 18.1. The van der Waals surface area contributed by atoms with Crippen LogP contribution < -0.4 is 4.90 Å². The maximum absolute atomic E-state index is 12.8. The van der Waals surface area contributed by atoms with Crippen molar-refractivity contribution in [1.29, 1.82) is 0 Å². The van der Waals surface area contributed by atoms with Crippen molar-refractivity contribution in [3.05, 3.63) is 70.2 Å². The number of aryl methyl sites for hydroxylation is 1. The molecule has 0 radical (unpaired) electrons. The first-order valence-electron chi connectivity index (χ1n) is 7.92. The van der Waals surface area contributed by atoms with E-state index in [0.29, 0.717) is 16.4 Å². The van der Waals surface area contributed by atoms with Gasteiger partial charge in [-0.2, -0.15) is 0 Å². The molecule has 128 valence electrons. The first-order chi connectivity index (χ1) is 12.0. The fourth-order valence-electron chi connectivity index (χ4n) is 2.99. The van der Waals surface area contributed by atoms with E-state index in [9.17, 15) is 14.7 Å². The Kier molecular flexibility index (Phi) is 4.59. The fraction of sp³-hybridized carbons (Fsp3) is 0.211. The van der Waals surface area contributed by atoms with Crippen LogP contribution in [0.25, 0.3) is 0 Å². The summed E-state index contributed by atoms with van der Waals surface area (Å²) in [6.07, 6.45) is 1.77. The minimum Gasteiger partial charge on any atom is -0.503 e. The predicted octanol–water partition coefficient (Wildman–Crippen LogP) is 3.92. The third-order valence-electron chi connectivity index (χ3n) is 4.23. The minimum absolute atomic E-state index is 0.0746. The summed E-state index contributed by atoms with van der Waals surface area (Å²) in [5, 5.41) is 10.9. The number of benzene rings is 1. The average Bonchev–Trinajstić information content (AvgIpc) is 2.88. The van der Waals surface area contributed by atoms with E-state index in [1.165, 1.54) is 4.90 Å². The van der Waals surface area contributed by atoms with Crippen LogP contribution >= 0.6 is 11.6 Å². The number of amides is 1. The summed E-state index contributed by atoms with van der Waals surface area (Å²) in [7, 11) is 0. The van der Waals surface area contributed by atoms with Gasteiger partial charge >= 0.3 is 0 Å². The number of aliphatic hydroxyl groups excluding tert-OH is 1. The van der Waals surface area contributed by atoms with E-state index < -0.39 is 17.7 Å². The monoisotopic (exact) mass is 356 g/mol. The number of carbonyl (C=O) groups is 2. The number of hydrogen-bond acceptors (Lipinski definition) is 4. The molecule has 1 aliphatic heterocycles. The molecule has 0 spiro atoms. The first kappa shape index (κ1) is 17.2. The molecule has 0 saturated carbocycles. The molecule has 3 rings (SSSR count). The van der Waals surface area contributed by atoms with Crippen LogP contribution in [0.1, 0.15) is 30.6 Å². The van der Waals surface area contributed by atoms with Crippen LogP contribution in [0.4, 0.5) is 5.69 Å². The van der Waals surface area contributed by atoms with E-state index >= 15 is 0 Å². The molecule has 2 heterocycles. The molecule has 1 unspecified atom stereocenters. The fourth-order valence-corrected chi connectivity index (χ4v) is 3.15. The Morgan fingerprint density at radius 3 is 2.72 bits per heavy atom. The number of anilines is 1. The molecular formula is C19H17ClN2O3. The lowest BCUT2D eigenvalue weighted by Crippen LogP contribution is -2.32. The Hall–Kier alpha value is -2.66. The highest BCUT2D eigenvalue weighted by atomic mass is 35.5. The molecule has 0 saturated heterocycles. The normalized spacial score (nSPS) is 17.3. The summed E-state index contributed by atoms with van der Waals surface area (Å²) in [4.78, 5) is 30.9. The van der Waals surface area contributed by atoms with Gasteiger partial charge in [0.25, 0.3) is 5.91 Å². The number of pyridine rings is 1. The maximum atomic E-state index is 12.8. The molecule has 1 amide bonds. The second kappa shape index (κ2) is 6.69. The van der Waals surface area contributed by atoms with Crippen molar-refractivity contribution in [3.63, 3.8) is 0 Å². The van der Waals surface area contributed by atoms with Gasteiger partial charge in [-0.25, -0.2) is 0 Å². The zero-order valence-corrected chi connectivity index (χ0v) is 14.6. The molecular weight excluding hydrogens is 340 g/mol. The average molecular weight is 357 g/mol. The molecule has 1 aromatic carbocycles. The van der Waals surface area contributed by atoms with E-state index in [4.69, 9.17) is 11.6 Å². The van der Waals surface area contributed by atoms with Crippen LogP contribution in [0, 0.1) is 6.92 Å². The molecule has 1 N–H and O–H groups in total. The molecule has 1 aliphatic rings. The van der Waals surface area contributed by atoms with Gasteiger partial charge < -0.3 is 5.11 Å². The molecule has 0 aliphatic carbocycles. The van der Waals surface area contributed by atoms with Crippen molar-refractivity contribution in [2.45, 2.75) is 26.3 Å². The number of hydrogen-bond donors (Lipinski definition) is 1. The summed E-state index contributed by atoms with van der Waals surface area (Å²) in [5.41, 5.74) is 1.93. The molecule has 6 heteroatoms. The van der Waals surface area contributed by atoms with Gasteiger partial charge in [0.1, 0.15) is 6.04 Å². The summed E-state index contributed by atoms with van der Waals surface area (Å²) in [6.45, 7) is 3.53. The number of carbonyl (C=O) groups excluding carboxylic acids is 2. The SMILES string of the molecule is CCC(=O)C1=C(O)C(=O)N(c2cc(Cl)ccc2C)C1c1ccccn1. The van der Waals surface area contributed by atoms with E-state index in [-0.39, 0.29) is 17.8 Å². The predicted molar refractivity (Wildman–Crippen MR) is 95.6 cm³/mol. The largest absolute Gasteiger partial charge is 0.503 e. The van der Waals surface area contributed by atoms with E-state index in [1.807, 2.05) is 6.92 Å². The van der Waals surface area contributed by atoms with Crippen molar-refractivity contribution in [2.75, 3.05) is 4.90 Å². The highest BCUT2D eigenvalue weighted by Crippen LogP contribution is 2.42. The maximum Gasteiger partial charge on any atom is 0.294 e. The smallest absolute Gasteiger partial charge is 0.294 e. The van der Waals surface area contributed by atoms with Crippen LogP contribution in [0.3, 0.4) is 0 Å². The standard InChI is InChI=1S/C19H17ClN2O3/c1-3-15(23)16-17(13-6-4-5-9-21-13)22(19(25)18(16)24)14-10-12(20)8-7-11(14)2/h4-10,17,24H,3H2,1-2H3. The van der Waals surface area contributed by atoms with Crippen molar-refractivity contribution in [3.8, 4) is 0 Å². The number of rotatable bonds is 4. The Balaban J connectivity index is 2.22. The lowest BCUT2D eigenvalue weighted by Gasteiger charge is -2.27.